The number of hydrogen-bond donors (Lipinski definition) is 0. The van der Waals surface area contributed by atoms with E-state index in [1.54, 1.807) is 19.0 Å². The zero-order valence-corrected chi connectivity index (χ0v) is 15.9. The standard InChI is InChI=1S/C22H26N2O3/c1-23(2)21(25)19-12-14-24(15-13-19)22(26)18-10-8-17(9-11-18)16-27-20-6-4-3-5-7-20/h3-11,19H,12-16H2,1-2H3. The highest BCUT2D eigenvalue weighted by molar-refractivity contribution is 5.94. The van der Waals surface area contributed by atoms with Crippen molar-refractivity contribution in [2.75, 3.05) is 27.2 Å². The third-order valence-corrected chi connectivity index (χ3v) is 4.92. The highest BCUT2D eigenvalue weighted by Crippen LogP contribution is 2.21. The number of piperidine rings is 1. The van der Waals surface area contributed by atoms with E-state index >= 15 is 0 Å². The first-order valence-electron chi connectivity index (χ1n) is 9.32. The number of likely N-dealkylation sites (tertiary alicyclic amines) is 1. The van der Waals surface area contributed by atoms with Gasteiger partial charge in [0.1, 0.15) is 12.4 Å². The van der Waals surface area contributed by atoms with Crippen LogP contribution < -0.4 is 4.74 Å². The maximum Gasteiger partial charge on any atom is 0.253 e. The Morgan fingerprint density at radius 1 is 1.00 bits per heavy atom. The Labute approximate surface area is 160 Å². The van der Waals surface area contributed by atoms with E-state index in [1.165, 1.54) is 0 Å². The molecule has 2 aromatic carbocycles. The molecule has 1 aliphatic heterocycles. The van der Waals surface area contributed by atoms with Crippen molar-refractivity contribution in [2.24, 2.45) is 5.92 Å². The first-order valence-corrected chi connectivity index (χ1v) is 9.32. The van der Waals surface area contributed by atoms with E-state index in [2.05, 4.69) is 0 Å². The Morgan fingerprint density at radius 2 is 1.63 bits per heavy atom. The van der Waals surface area contributed by atoms with Crippen molar-refractivity contribution in [3.05, 3.63) is 65.7 Å². The molecule has 0 N–H and O–H groups in total. The number of nitrogens with zero attached hydrogens (tertiary/aromatic N) is 2. The second-order valence-electron chi connectivity index (χ2n) is 7.10. The van der Waals surface area contributed by atoms with Crippen LogP contribution in [0.1, 0.15) is 28.8 Å². The number of benzene rings is 2. The van der Waals surface area contributed by atoms with Crippen LogP contribution in [0.25, 0.3) is 0 Å². The van der Waals surface area contributed by atoms with E-state index < -0.39 is 0 Å². The summed E-state index contributed by atoms with van der Waals surface area (Å²) in [7, 11) is 3.56. The van der Waals surface area contributed by atoms with Crippen molar-refractivity contribution < 1.29 is 14.3 Å². The van der Waals surface area contributed by atoms with E-state index in [9.17, 15) is 9.59 Å². The smallest absolute Gasteiger partial charge is 0.253 e. The van der Waals surface area contributed by atoms with Crippen LogP contribution in [-0.2, 0) is 11.4 Å². The van der Waals surface area contributed by atoms with Crippen LogP contribution in [0.2, 0.25) is 0 Å². The van der Waals surface area contributed by atoms with Crippen LogP contribution in [0, 0.1) is 5.92 Å². The monoisotopic (exact) mass is 366 g/mol. The van der Waals surface area contributed by atoms with Gasteiger partial charge in [-0.3, -0.25) is 9.59 Å². The highest BCUT2D eigenvalue weighted by Gasteiger charge is 2.28. The second-order valence-corrected chi connectivity index (χ2v) is 7.10. The minimum Gasteiger partial charge on any atom is -0.489 e. The number of hydrogen-bond acceptors (Lipinski definition) is 3. The Balaban J connectivity index is 1.53. The fourth-order valence-corrected chi connectivity index (χ4v) is 3.30. The number of ether oxygens (including phenoxy) is 1. The lowest BCUT2D eigenvalue weighted by Crippen LogP contribution is -2.42. The van der Waals surface area contributed by atoms with Crippen molar-refractivity contribution in [3.8, 4) is 5.75 Å². The van der Waals surface area contributed by atoms with Gasteiger partial charge < -0.3 is 14.5 Å². The number of amides is 2. The van der Waals surface area contributed by atoms with Crippen LogP contribution >= 0.6 is 0 Å². The first-order chi connectivity index (χ1) is 13.0. The van der Waals surface area contributed by atoms with Gasteiger partial charge in [-0.2, -0.15) is 0 Å². The number of carbonyl (C=O) groups is 2. The van der Waals surface area contributed by atoms with Gasteiger partial charge in [0.2, 0.25) is 5.91 Å². The molecule has 3 rings (SSSR count). The summed E-state index contributed by atoms with van der Waals surface area (Å²) in [5.74, 6) is 1.04. The van der Waals surface area contributed by atoms with E-state index in [-0.39, 0.29) is 17.7 Å². The highest BCUT2D eigenvalue weighted by atomic mass is 16.5. The van der Waals surface area contributed by atoms with E-state index in [0.29, 0.717) is 25.3 Å². The van der Waals surface area contributed by atoms with E-state index in [1.807, 2.05) is 59.5 Å². The van der Waals surface area contributed by atoms with Crippen molar-refractivity contribution in [3.63, 3.8) is 0 Å². The second kappa shape index (κ2) is 8.71. The molecule has 0 atom stereocenters. The largest absolute Gasteiger partial charge is 0.489 e. The van der Waals surface area contributed by atoms with Crippen LogP contribution in [0.15, 0.2) is 54.6 Å². The molecule has 0 radical (unpaired) electrons. The molecule has 5 nitrogen and oxygen atoms in total. The number of rotatable bonds is 5. The fraction of sp³-hybridized carbons (Fsp3) is 0.364. The molecule has 1 fully saturated rings. The van der Waals surface area contributed by atoms with Gasteiger partial charge in [0.15, 0.2) is 0 Å². The molecule has 0 bridgehead atoms. The maximum absolute atomic E-state index is 12.7. The van der Waals surface area contributed by atoms with Gasteiger partial charge in [0.05, 0.1) is 0 Å². The summed E-state index contributed by atoms with van der Waals surface area (Å²) in [6.07, 6.45) is 1.46. The van der Waals surface area contributed by atoms with Crippen LogP contribution in [0.4, 0.5) is 0 Å². The zero-order chi connectivity index (χ0) is 19.2. The van der Waals surface area contributed by atoms with Crippen molar-refractivity contribution >= 4 is 11.8 Å². The number of carbonyl (C=O) groups excluding carboxylic acids is 2. The molecular formula is C22H26N2O3. The summed E-state index contributed by atoms with van der Waals surface area (Å²) in [5, 5.41) is 0. The Kier molecular flexibility index (Phi) is 6.12. The van der Waals surface area contributed by atoms with E-state index in [4.69, 9.17) is 4.74 Å². The fourth-order valence-electron chi connectivity index (χ4n) is 3.30. The van der Waals surface area contributed by atoms with Crippen LogP contribution in [0.3, 0.4) is 0 Å². The van der Waals surface area contributed by atoms with Crippen LogP contribution in [0.5, 0.6) is 5.75 Å². The topological polar surface area (TPSA) is 49.9 Å². The van der Waals surface area contributed by atoms with Gasteiger partial charge in [-0.15, -0.1) is 0 Å². The summed E-state index contributed by atoms with van der Waals surface area (Å²) in [5.41, 5.74) is 1.70. The Morgan fingerprint density at radius 3 is 2.22 bits per heavy atom. The molecule has 1 heterocycles. The lowest BCUT2D eigenvalue weighted by molar-refractivity contribution is -0.134. The molecule has 142 valence electrons. The summed E-state index contributed by atoms with van der Waals surface area (Å²) in [6.45, 7) is 1.72. The molecular weight excluding hydrogens is 340 g/mol. The molecule has 1 saturated heterocycles. The molecule has 2 aromatic rings. The lowest BCUT2D eigenvalue weighted by Gasteiger charge is -2.32. The summed E-state index contributed by atoms with van der Waals surface area (Å²) in [4.78, 5) is 28.2. The quantitative estimate of drug-likeness (QED) is 0.816. The normalized spacial score (nSPS) is 14.7. The molecule has 0 saturated carbocycles. The van der Waals surface area contributed by atoms with Gasteiger partial charge in [-0.25, -0.2) is 0 Å². The van der Waals surface area contributed by atoms with Gasteiger partial charge in [-0.05, 0) is 42.7 Å². The third-order valence-electron chi connectivity index (χ3n) is 4.92. The summed E-state index contributed by atoms with van der Waals surface area (Å²) >= 11 is 0. The third kappa shape index (κ3) is 4.88. The molecule has 5 heteroatoms. The van der Waals surface area contributed by atoms with Crippen LogP contribution in [-0.4, -0.2) is 48.8 Å². The Bertz CT molecular complexity index is 764. The molecule has 1 aliphatic rings. The van der Waals surface area contributed by atoms with Gasteiger partial charge in [0.25, 0.3) is 5.91 Å². The first kappa shape index (κ1) is 19.0. The average Bonchev–Trinajstić information content (AvgIpc) is 2.72. The predicted octanol–water partition coefficient (Wildman–Crippen LogP) is 3.21. The molecule has 2 amide bonds. The van der Waals surface area contributed by atoms with Gasteiger partial charge in [-0.1, -0.05) is 30.3 Å². The van der Waals surface area contributed by atoms with Crippen molar-refractivity contribution in [2.45, 2.75) is 19.4 Å². The van der Waals surface area contributed by atoms with Gasteiger partial charge in [0, 0.05) is 38.7 Å². The molecule has 0 spiro atoms. The van der Waals surface area contributed by atoms with Gasteiger partial charge >= 0.3 is 0 Å². The predicted molar refractivity (Wildman–Crippen MR) is 105 cm³/mol. The molecule has 27 heavy (non-hydrogen) atoms. The van der Waals surface area contributed by atoms with Crippen molar-refractivity contribution in [1.29, 1.82) is 0 Å². The maximum atomic E-state index is 12.7. The number of para-hydroxylation sites is 1. The zero-order valence-electron chi connectivity index (χ0n) is 15.9. The SMILES string of the molecule is CN(C)C(=O)C1CCN(C(=O)c2ccc(COc3ccccc3)cc2)CC1. The molecule has 0 aliphatic carbocycles. The summed E-state index contributed by atoms with van der Waals surface area (Å²) in [6, 6.07) is 17.2. The van der Waals surface area contributed by atoms with Crippen molar-refractivity contribution in [1.82, 2.24) is 9.80 Å². The molecule has 0 unspecified atom stereocenters. The average molecular weight is 366 g/mol. The lowest BCUT2D eigenvalue weighted by atomic mass is 9.95. The minimum absolute atomic E-state index is 0.0290. The molecule has 0 aromatic heterocycles. The minimum atomic E-state index is 0.0290. The van der Waals surface area contributed by atoms with E-state index in [0.717, 1.165) is 24.2 Å². The summed E-state index contributed by atoms with van der Waals surface area (Å²) < 4.78 is 5.73. The Hall–Kier alpha value is -2.82.